The summed E-state index contributed by atoms with van der Waals surface area (Å²) in [6.07, 6.45) is 2.63. The van der Waals surface area contributed by atoms with Crippen LogP contribution in [-0.4, -0.2) is 41.3 Å². The van der Waals surface area contributed by atoms with Gasteiger partial charge in [0.1, 0.15) is 28.6 Å². The molecule has 1 aromatic heterocycles. The first kappa shape index (κ1) is 22.1. The number of ketones is 1. The van der Waals surface area contributed by atoms with Gasteiger partial charge in [0.2, 0.25) is 0 Å². The summed E-state index contributed by atoms with van der Waals surface area (Å²) in [6, 6.07) is 11.0. The first-order valence-corrected chi connectivity index (χ1v) is 10.7. The normalized spacial score (nSPS) is 11.6. The molecule has 0 amide bonds. The molecule has 8 nitrogen and oxygen atoms in total. The second-order valence-electron chi connectivity index (χ2n) is 6.47. The lowest BCUT2D eigenvalue weighted by atomic mass is 10.2. The Bertz CT molecular complexity index is 1300. The van der Waals surface area contributed by atoms with E-state index < -0.39 is 31.9 Å². The molecule has 0 aliphatic carbocycles. The van der Waals surface area contributed by atoms with Gasteiger partial charge >= 0.3 is 5.63 Å². The van der Waals surface area contributed by atoms with Crippen LogP contribution in [0.5, 0.6) is 17.2 Å². The van der Waals surface area contributed by atoms with Gasteiger partial charge in [-0.1, -0.05) is 18.2 Å². The van der Waals surface area contributed by atoms with Gasteiger partial charge in [-0.15, -0.1) is 0 Å². The van der Waals surface area contributed by atoms with Crippen LogP contribution < -0.4 is 19.8 Å². The van der Waals surface area contributed by atoms with E-state index in [2.05, 4.69) is 0 Å². The van der Waals surface area contributed by atoms with Gasteiger partial charge in [-0.25, -0.2) is 13.2 Å². The van der Waals surface area contributed by atoms with Crippen molar-refractivity contribution in [1.29, 1.82) is 0 Å². The van der Waals surface area contributed by atoms with Crippen molar-refractivity contribution in [3.8, 4) is 17.2 Å². The largest absolute Gasteiger partial charge is 0.497 e. The molecule has 3 rings (SSSR count). The average molecular weight is 444 g/mol. The third-order valence-corrected chi connectivity index (χ3v) is 6.08. The zero-order chi connectivity index (χ0) is 22.6. The van der Waals surface area contributed by atoms with E-state index in [9.17, 15) is 18.0 Å². The summed E-state index contributed by atoms with van der Waals surface area (Å²) in [4.78, 5) is 24.0. The first-order valence-electron chi connectivity index (χ1n) is 9.05. The molecule has 1 heterocycles. The lowest BCUT2D eigenvalue weighted by Crippen LogP contribution is -2.21. The van der Waals surface area contributed by atoms with Gasteiger partial charge in [0.05, 0.1) is 26.7 Å². The Kier molecular flexibility index (Phi) is 6.45. The number of allylic oxidation sites excluding steroid dienone is 1. The van der Waals surface area contributed by atoms with Crippen molar-refractivity contribution < 1.29 is 31.8 Å². The molecule has 0 saturated heterocycles. The molecule has 0 N–H and O–H groups in total. The summed E-state index contributed by atoms with van der Waals surface area (Å²) >= 11 is 0. The SMILES string of the molecule is COc1ccc(C=CC(=O)CS(=O)(=O)c2cc3c(OC)cc(OC)cc3oc2=O)cc1. The molecule has 2 aromatic carbocycles. The highest BCUT2D eigenvalue weighted by molar-refractivity contribution is 7.92. The Balaban J connectivity index is 1.89. The summed E-state index contributed by atoms with van der Waals surface area (Å²) < 4.78 is 46.0. The van der Waals surface area contributed by atoms with E-state index in [4.69, 9.17) is 18.6 Å². The average Bonchev–Trinajstić information content (AvgIpc) is 2.76. The number of hydrogen-bond acceptors (Lipinski definition) is 8. The van der Waals surface area contributed by atoms with Crippen molar-refractivity contribution in [1.82, 2.24) is 0 Å². The Hall–Kier alpha value is -3.59. The van der Waals surface area contributed by atoms with Crippen LogP contribution in [-0.2, 0) is 14.6 Å². The van der Waals surface area contributed by atoms with E-state index in [1.54, 1.807) is 24.3 Å². The minimum Gasteiger partial charge on any atom is -0.497 e. The summed E-state index contributed by atoms with van der Waals surface area (Å²) in [5, 5.41) is 0.266. The summed E-state index contributed by atoms with van der Waals surface area (Å²) in [7, 11) is 0.108. The number of carbonyl (C=O) groups excluding carboxylic acids is 1. The van der Waals surface area contributed by atoms with E-state index >= 15 is 0 Å². The summed E-state index contributed by atoms with van der Waals surface area (Å²) in [5.74, 6) is -0.268. The zero-order valence-electron chi connectivity index (χ0n) is 17.1. The summed E-state index contributed by atoms with van der Waals surface area (Å²) in [5.41, 5.74) is -0.281. The predicted molar refractivity (Wildman–Crippen MR) is 115 cm³/mol. The number of methoxy groups -OCH3 is 3. The lowest BCUT2D eigenvalue weighted by molar-refractivity contribution is -0.112. The van der Waals surface area contributed by atoms with Crippen LogP contribution in [0.25, 0.3) is 17.0 Å². The molecule has 3 aromatic rings. The molecular formula is C22H20O8S. The topological polar surface area (TPSA) is 109 Å². The fourth-order valence-electron chi connectivity index (χ4n) is 2.86. The number of benzene rings is 2. The Morgan fingerprint density at radius 1 is 0.968 bits per heavy atom. The van der Waals surface area contributed by atoms with Crippen LogP contribution in [0, 0.1) is 0 Å². The molecule has 0 bridgehead atoms. The third-order valence-electron chi connectivity index (χ3n) is 4.46. The summed E-state index contributed by atoms with van der Waals surface area (Å²) in [6.45, 7) is 0. The zero-order valence-corrected chi connectivity index (χ0v) is 17.9. The molecule has 0 aliphatic rings. The van der Waals surface area contributed by atoms with E-state index in [0.717, 1.165) is 12.1 Å². The fourth-order valence-corrected chi connectivity index (χ4v) is 4.08. The second kappa shape index (κ2) is 9.05. The molecule has 0 fully saturated rings. The maximum absolute atomic E-state index is 12.7. The quantitative estimate of drug-likeness (QED) is 0.385. The maximum Gasteiger partial charge on any atom is 0.355 e. The fraction of sp³-hybridized carbons (Fsp3) is 0.182. The highest BCUT2D eigenvalue weighted by Crippen LogP contribution is 2.31. The van der Waals surface area contributed by atoms with Crippen molar-refractivity contribution in [2.75, 3.05) is 27.1 Å². The van der Waals surface area contributed by atoms with Crippen molar-refractivity contribution >= 4 is 32.7 Å². The van der Waals surface area contributed by atoms with Gasteiger partial charge in [-0.2, -0.15) is 0 Å². The molecule has 0 atom stereocenters. The van der Waals surface area contributed by atoms with Gasteiger partial charge < -0.3 is 18.6 Å². The van der Waals surface area contributed by atoms with E-state index in [1.807, 2.05) is 0 Å². The number of fused-ring (bicyclic) bond motifs is 1. The minimum absolute atomic E-state index is 0.103. The van der Waals surface area contributed by atoms with Crippen LogP contribution in [0.2, 0.25) is 0 Å². The van der Waals surface area contributed by atoms with Gasteiger partial charge in [-0.3, -0.25) is 4.79 Å². The highest BCUT2D eigenvalue weighted by Gasteiger charge is 2.24. The van der Waals surface area contributed by atoms with Crippen LogP contribution in [0.1, 0.15) is 5.56 Å². The van der Waals surface area contributed by atoms with E-state index in [1.165, 1.54) is 39.5 Å². The molecule has 0 radical (unpaired) electrons. The standard InChI is InChI=1S/C22H20O8S/c1-27-16-8-5-14(6-9-16)4-7-15(23)13-31(25,26)21-12-18-19(29-3)10-17(28-2)11-20(18)30-22(21)24/h4-12H,13H2,1-3H3. The lowest BCUT2D eigenvalue weighted by Gasteiger charge is -2.09. The number of hydrogen-bond donors (Lipinski definition) is 0. The molecule has 162 valence electrons. The van der Waals surface area contributed by atoms with Crippen LogP contribution >= 0.6 is 0 Å². The van der Waals surface area contributed by atoms with Gasteiger partial charge in [0, 0.05) is 12.1 Å². The number of rotatable bonds is 8. The molecule has 0 spiro atoms. The Labute approximate surface area is 178 Å². The first-order chi connectivity index (χ1) is 14.8. The van der Waals surface area contributed by atoms with Crippen molar-refractivity contribution in [2.24, 2.45) is 0 Å². The number of sulfone groups is 1. The van der Waals surface area contributed by atoms with Gasteiger partial charge in [0.15, 0.2) is 20.5 Å². The van der Waals surface area contributed by atoms with Crippen molar-refractivity contribution in [2.45, 2.75) is 4.90 Å². The molecule has 9 heteroatoms. The number of carbonyl (C=O) groups is 1. The molecular weight excluding hydrogens is 424 g/mol. The Morgan fingerprint density at radius 2 is 1.65 bits per heavy atom. The third kappa shape index (κ3) is 4.95. The molecule has 0 saturated carbocycles. The van der Waals surface area contributed by atoms with Crippen molar-refractivity contribution in [3.05, 3.63) is 64.5 Å². The smallest absolute Gasteiger partial charge is 0.355 e. The van der Waals surface area contributed by atoms with Crippen LogP contribution in [0.3, 0.4) is 0 Å². The molecule has 0 aliphatic heterocycles. The predicted octanol–water partition coefficient (Wildman–Crippen LogP) is 2.88. The van der Waals surface area contributed by atoms with Crippen LogP contribution in [0.4, 0.5) is 0 Å². The van der Waals surface area contributed by atoms with Crippen molar-refractivity contribution in [3.63, 3.8) is 0 Å². The molecule has 0 unspecified atom stereocenters. The minimum atomic E-state index is -4.25. The Morgan fingerprint density at radius 3 is 2.26 bits per heavy atom. The monoisotopic (exact) mass is 444 g/mol. The second-order valence-corrected chi connectivity index (χ2v) is 8.43. The van der Waals surface area contributed by atoms with E-state index in [-0.39, 0.29) is 16.7 Å². The van der Waals surface area contributed by atoms with Gasteiger partial charge in [-0.05, 0) is 29.8 Å². The van der Waals surface area contributed by atoms with Gasteiger partial charge in [0.25, 0.3) is 0 Å². The highest BCUT2D eigenvalue weighted by atomic mass is 32.2. The molecule has 31 heavy (non-hydrogen) atoms. The van der Waals surface area contributed by atoms with Crippen LogP contribution in [0.15, 0.2) is 62.6 Å². The maximum atomic E-state index is 12.7. The van der Waals surface area contributed by atoms with E-state index in [0.29, 0.717) is 17.1 Å². The number of ether oxygens (including phenoxy) is 3.